The van der Waals surface area contributed by atoms with Gasteiger partial charge in [-0.05, 0) is 48.9 Å². The SMILES string of the molecule is CN(CCCCCO)C(=O)c1cc2cc(N)ccc2s1. The summed E-state index contributed by atoms with van der Waals surface area (Å²) in [5.41, 5.74) is 6.47. The monoisotopic (exact) mass is 292 g/mol. The Bertz CT molecular complexity index is 595. The lowest BCUT2D eigenvalue weighted by Crippen LogP contribution is -2.27. The fourth-order valence-electron chi connectivity index (χ4n) is 2.09. The molecule has 0 saturated carbocycles. The highest BCUT2D eigenvalue weighted by Crippen LogP contribution is 2.28. The number of nitrogens with two attached hydrogens (primary N) is 1. The number of aliphatic hydroxyl groups excluding tert-OH is 1. The third-order valence-electron chi connectivity index (χ3n) is 3.25. The Labute approximate surface area is 122 Å². The van der Waals surface area contributed by atoms with E-state index in [2.05, 4.69) is 0 Å². The number of hydrogen-bond donors (Lipinski definition) is 2. The highest BCUT2D eigenvalue weighted by molar-refractivity contribution is 7.20. The van der Waals surface area contributed by atoms with Crippen molar-refractivity contribution in [1.29, 1.82) is 0 Å². The van der Waals surface area contributed by atoms with Crippen molar-refractivity contribution in [3.05, 3.63) is 29.1 Å². The van der Waals surface area contributed by atoms with Crippen molar-refractivity contribution in [2.45, 2.75) is 19.3 Å². The zero-order valence-corrected chi connectivity index (χ0v) is 12.4. The number of fused-ring (bicyclic) bond motifs is 1. The van der Waals surface area contributed by atoms with Crippen LogP contribution in [0.3, 0.4) is 0 Å². The van der Waals surface area contributed by atoms with E-state index in [1.807, 2.05) is 31.3 Å². The number of unbranched alkanes of at least 4 members (excludes halogenated alkanes) is 2. The van der Waals surface area contributed by atoms with E-state index in [0.29, 0.717) is 5.69 Å². The third kappa shape index (κ3) is 3.49. The average Bonchev–Trinajstić information content (AvgIpc) is 2.85. The van der Waals surface area contributed by atoms with Crippen molar-refractivity contribution >= 4 is 33.0 Å². The molecular formula is C15H20N2O2S. The number of nitrogens with zero attached hydrogens (tertiary/aromatic N) is 1. The summed E-state index contributed by atoms with van der Waals surface area (Å²) in [5, 5.41) is 9.75. The highest BCUT2D eigenvalue weighted by Gasteiger charge is 2.14. The van der Waals surface area contributed by atoms with Gasteiger partial charge in [-0.1, -0.05) is 0 Å². The summed E-state index contributed by atoms with van der Waals surface area (Å²) >= 11 is 1.50. The lowest BCUT2D eigenvalue weighted by Gasteiger charge is -2.15. The van der Waals surface area contributed by atoms with Gasteiger partial charge in [-0.2, -0.15) is 0 Å². The quantitative estimate of drug-likeness (QED) is 0.635. The van der Waals surface area contributed by atoms with Gasteiger partial charge in [0, 0.05) is 30.6 Å². The van der Waals surface area contributed by atoms with Crippen LogP contribution in [0.2, 0.25) is 0 Å². The lowest BCUT2D eigenvalue weighted by molar-refractivity contribution is 0.0797. The Morgan fingerprint density at radius 3 is 2.85 bits per heavy atom. The molecule has 0 aliphatic rings. The summed E-state index contributed by atoms with van der Waals surface area (Å²) < 4.78 is 1.08. The zero-order chi connectivity index (χ0) is 14.5. The molecule has 0 aliphatic carbocycles. The van der Waals surface area contributed by atoms with Gasteiger partial charge >= 0.3 is 0 Å². The number of hydrogen-bond acceptors (Lipinski definition) is 4. The van der Waals surface area contributed by atoms with E-state index >= 15 is 0 Å². The molecule has 0 radical (unpaired) electrons. The first-order chi connectivity index (χ1) is 9.61. The first kappa shape index (κ1) is 14.8. The molecule has 0 spiro atoms. The van der Waals surface area contributed by atoms with Gasteiger partial charge in [-0.3, -0.25) is 4.79 Å². The Hall–Kier alpha value is -1.59. The molecule has 0 saturated heterocycles. The van der Waals surface area contributed by atoms with Crippen LogP contribution < -0.4 is 5.73 Å². The minimum Gasteiger partial charge on any atom is -0.399 e. The van der Waals surface area contributed by atoms with Crippen molar-refractivity contribution in [2.24, 2.45) is 0 Å². The van der Waals surface area contributed by atoms with Gasteiger partial charge in [0.1, 0.15) is 0 Å². The molecule has 1 aromatic heterocycles. The van der Waals surface area contributed by atoms with Crippen molar-refractivity contribution in [3.63, 3.8) is 0 Å². The van der Waals surface area contributed by atoms with E-state index in [4.69, 9.17) is 10.8 Å². The van der Waals surface area contributed by atoms with Crippen LogP contribution in [-0.4, -0.2) is 36.1 Å². The van der Waals surface area contributed by atoms with Crippen LogP contribution in [0.1, 0.15) is 28.9 Å². The molecule has 20 heavy (non-hydrogen) atoms. The fourth-order valence-corrected chi connectivity index (χ4v) is 3.13. The first-order valence-electron chi connectivity index (χ1n) is 6.77. The molecule has 1 heterocycles. The second kappa shape index (κ2) is 6.72. The second-order valence-corrected chi connectivity index (χ2v) is 6.00. The minimum absolute atomic E-state index is 0.0498. The number of anilines is 1. The molecule has 5 heteroatoms. The molecule has 0 atom stereocenters. The Morgan fingerprint density at radius 2 is 2.10 bits per heavy atom. The maximum absolute atomic E-state index is 12.3. The van der Waals surface area contributed by atoms with Crippen molar-refractivity contribution in [1.82, 2.24) is 4.90 Å². The van der Waals surface area contributed by atoms with E-state index in [1.165, 1.54) is 11.3 Å². The zero-order valence-electron chi connectivity index (χ0n) is 11.6. The Balaban J connectivity index is 2.03. The van der Waals surface area contributed by atoms with Crippen LogP contribution in [0.25, 0.3) is 10.1 Å². The fraction of sp³-hybridized carbons (Fsp3) is 0.400. The van der Waals surface area contributed by atoms with Crippen LogP contribution in [0.4, 0.5) is 5.69 Å². The molecule has 2 rings (SSSR count). The van der Waals surface area contributed by atoms with Crippen molar-refractivity contribution in [3.8, 4) is 0 Å². The van der Waals surface area contributed by atoms with Crippen LogP contribution >= 0.6 is 11.3 Å². The molecule has 3 N–H and O–H groups in total. The number of carbonyl (C=O) groups is 1. The second-order valence-electron chi connectivity index (χ2n) is 4.92. The van der Waals surface area contributed by atoms with Gasteiger partial charge < -0.3 is 15.7 Å². The Kier molecular flexibility index (Phi) is 4.98. The van der Waals surface area contributed by atoms with Gasteiger partial charge in [-0.25, -0.2) is 0 Å². The molecule has 108 valence electrons. The predicted octanol–water partition coefficient (Wildman–Crippen LogP) is 2.72. The number of thiophene rings is 1. The summed E-state index contributed by atoms with van der Waals surface area (Å²) in [7, 11) is 1.82. The van der Waals surface area contributed by atoms with Crippen LogP contribution in [0, 0.1) is 0 Å². The molecule has 0 aliphatic heterocycles. The molecule has 1 aromatic carbocycles. The topological polar surface area (TPSA) is 66.6 Å². The lowest BCUT2D eigenvalue weighted by atomic mass is 10.2. The molecular weight excluding hydrogens is 272 g/mol. The summed E-state index contributed by atoms with van der Waals surface area (Å²) in [6.45, 7) is 0.935. The minimum atomic E-state index is 0.0498. The molecule has 1 amide bonds. The number of rotatable bonds is 6. The first-order valence-corrected chi connectivity index (χ1v) is 7.59. The normalized spacial score (nSPS) is 10.9. The average molecular weight is 292 g/mol. The molecule has 0 bridgehead atoms. The van der Waals surface area contributed by atoms with Gasteiger partial charge in [-0.15, -0.1) is 11.3 Å². The van der Waals surface area contributed by atoms with Gasteiger partial charge in [0.25, 0.3) is 5.91 Å². The van der Waals surface area contributed by atoms with Crippen molar-refractivity contribution in [2.75, 3.05) is 25.9 Å². The summed E-state index contributed by atoms with van der Waals surface area (Å²) in [4.78, 5) is 14.8. The Morgan fingerprint density at radius 1 is 1.30 bits per heavy atom. The van der Waals surface area contributed by atoms with E-state index in [9.17, 15) is 4.79 Å². The maximum Gasteiger partial charge on any atom is 0.263 e. The van der Waals surface area contributed by atoms with Gasteiger partial charge in [0.15, 0.2) is 0 Å². The molecule has 4 nitrogen and oxygen atoms in total. The molecule has 0 fully saturated rings. The van der Waals surface area contributed by atoms with Crippen LogP contribution in [-0.2, 0) is 0 Å². The molecule has 0 unspecified atom stereocenters. The maximum atomic E-state index is 12.3. The van der Waals surface area contributed by atoms with Gasteiger partial charge in [0.05, 0.1) is 4.88 Å². The van der Waals surface area contributed by atoms with E-state index in [-0.39, 0.29) is 12.5 Å². The number of aliphatic hydroxyl groups is 1. The smallest absolute Gasteiger partial charge is 0.263 e. The van der Waals surface area contributed by atoms with Crippen molar-refractivity contribution < 1.29 is 9.90 Å². The van der Waals surface area contributed by atoms with E-state index in [1.54, 1.807) is 4.90 Å². The summed E-state index contributed by atoms with van der Waals surface area (Å²) in [6, 6.07) is 7.60. The molecule has 2 aromatic rings. The van der Waals surface area contributed by atoms with Crippen LogP contribution in [0.15, 0.2) is 24.3 Å². The standard InChI is InChI=1S/C15H20N2O2S/c1-17(7-3-2-4-8-18)15(19)14-10-11-9-12(16)5-6-13(11)20-14/h5-6,9-10,18H,2-4,7-8,16H2,1H3. The van der Waals surface area contributed by atoms with E-state index < -0.39 is 0 Å². The number of benzene rings is 1. The summed E-state index contributed by atoms with van der Waals surface area (Å²) in [5.74, 6) is 0.0498. The van der Waals surface area contributed by atoms with Gasteiger partial charge in [0.2, 0.25) is 0 Å². The van der Waals surface area contributed by atoms with E-state index in [0.717, 1.165) is 40.8 Å². The number of nitrogen functional groups attached to an aromatic ring is 1. The highest BCUT2D eigenvalue weighted by atomic mass is 32.1. The predicted molar refractivity (Wildman–Crippen MR) is 84.1 cm³/mol. The number of amides is 1. The summed E-state index contributed by atoms with van der Waals surface area (Å²) in [6.07, 6.45) is 2.65. The largest absolute Gasteiger partial charge is 0.399 e. The number of carbonyl (C=O) groups excluding carboxylic acids is 1. The van der Waals surface area contributed by atoms with Crippen LogP contribution in [0.5, 0.6) is 0 Å². The third-order valence-corrected chi connectivity index (χ3v) is 4.35.